The van der Waals surface area contributed by atoms with Crippen molar-refractivity contribution >= 4 is 34.7 Å². The highest BCUT2D eigenvalue weighted by molar-refractivity contribution is 7.98. The number of aromatic nitrogens is 4. The first-order chi connectivity index (χ1) is 15.1. The average molecular weight is 469 g/mol. The maximum atomic E-state index is 5.93. The number of allylic oxidation sites excluding steroid dienone is 1. The number of halogens is 1. The van der Waals surface area contributed by atoms with Crippen molar-refractivity contribution in [2.45, 2.75) is 31.0 Å². The van der Waals surface area contributed by atoms with Crippen molar-refractivity contribution in [1.82, 2.24) is 19.7 Å². The topological polar surface area (TPSA) is 52.8 Å². The van der Waals surface area contributed by atoms with Gasteiger partial charge in [0, 0.05) is 28.3 Å². The van der Waals surface area contributed by atoms with Crippen molar-refractivity contribution in [3.05, 3.63) is 88.7 Å². The van der Waals surface area contributed by atoms with Crippen LogP contribution in [0, 0.1) is 6.92 Å². The van der Waals surface area contributed by atoms with Crippen LogP contribution in [0.3, 0.4) is 0 Å². The summed E-state index contributed by atoms with van der Waals surface area (Å²) in [4.78, 5) is 4.81. The molecule has 0 saturated heterocycles. The summed E-state index contributed by atoms with van der Waals surface area (Å²) in [7, 11) is 0. The molecule has 0 aliphatic rings. The number of aryl methyl sites for hydroxylation is 1. The number of hydrogen-bond acceptors (Lipinski definition) is 6. The molecule has 8 heteroatoms. The van der Waals surface area contributed by atoms with Gasteiger partial charge in [-0.25, -0.2) is 4.98 Å². The first-order valence-corrected chi connectivity index (χ1v) is 11.9. The van der Waals surface area contributed by atoms with Crippen LogP contribution in [0.25, 0.3) is 10.6 Å². The van der Waals surface area contributed by atoms with Gasteiger partial charge in [0.05, 0.1) is 5.69 Å². The van der Waals surface area contributed by atoms with Gasteiger partial charge >= 0.3 is 0 Å². The largest absolute Gasteiger partial charge is 0.486 e. The monoisotopic (exact) mass is 468 g/mol. The molecule has 2 aromatic carbocycles. The molecule has 0 fully saturated rings. The van der Waals surface area contributed by atoms with Gasteiger partial charge in [0.1, 0.15) is 17.4 Å². The van der Waals surface area contributed by atoms with Crippen molar-refractivity contribution in [3.63, 3.8) is 0 Å². The van der Waals surface area contributed by atoms with E-state index in [-0.39, 0.29) is 0 Å². The highest BCUT2D eigenvalue weighted by Crippen LogP contribution is 2.29. The Kier molecular flexibility index (Phi) is 7.06. The number of ether oxygens (including phenoxy) is 1. The van der Waals surface area contributed by atoms with Crippen molar-refractivity contribution < 1.29 is 4.74 Å². The molecular weight excluding hydrogens is 448 g/mol. The smallest absolute Gasteiger partial charge is 0.191 e. The summed E-state index contributed by atoms with van der Waals surface area (Å²) in [5.41, 5.74) is 3.44. The molecule has 4 aromatic rings. The molecule has 5 nitrogen and oxygen atoms in total. The Morgan fingerprint density at radius 2 is 1.97 bits per heavy atom. The third kappa shape index (κ3) is 5.36. The van der Waals surface area contributed by atoms with Crippen LogP contribution in [0.15, 0.2) is 71.7 Å². The fourth-order valence-electron chi connectivity index (χ4n) is 2.97. The first-order valence-electron chi connectivity index (χ1n) is 9.68. The lowest BCUT2D eigenvalue weighted by Gasteiger charge is -2.09. The van der Waals surface area contributed by atoms with Gasteiger partial charge in [-0.1, -0.05) is 53.7 Å². The summed E-state index contributed by atoms with van der Waals surface area (Å²) < 4.78 is 7.85. The summed E-state index contributed by atoms with van der Waals surface area (Å²) in [5, 5.41) is 13.3. The van der Waals surface area contributed by atoms with Gasteiger partial charge in [0.25, 0.3) is 0 Å². The zero-order valence-corrected chi connectivity index (χ0v) is 19.4. The van der Waals surface area contributed by atoms with Crippen molar-refractivity contribution in [3.8, 4) is 16.3 Å². The molecule has 0 saturated carbocycles. The summed E-state index contributed by atoms with van der Waals surface area (Å²) in [6.07, 6.45) is 1.83. The van der Waals surface area contributed by atoms with Gasteiger partial charge in [0.2, 0.25) is 0 Å². The molecule has 0 atom stereocenters. The molecule has 2 aromatic heterocycles. The molecule has 0 aliphatic heterocycles. The van der Waals surface area contributed by atoms with Gasteiger partial charge in [-0.3, -0.25) is 4.57 Å². The third-order valence-electron chi connectivity index (χ3n) is 4.56. The van der Waals surface area contributed by atoms with Gasteiger partial charge in [0.15, 0.2) is 11.0 Å². The standard InChI is InChI=1S/C23H21ClN4OS2/c1-3-12-28-21(13-29-19-10-8-17(24)9-11-19)26-27-23(28)31-15-18-14-30-22(25-18)20-7-5-4-6-16(20)2/h3-11,14H,1,12-13,15H2,2H3. The Morgan fingerprint density at radius 3 is 2.74 bits per heavy atom. The van der Waals surface area contributed by atoms with E-state index in [1.165, 1.54) is 11.1 Å². The Bertz CT molecular complexity index is 1170. The predicted octanol–water partition coefficient (Wildman–Crippen LogP) is 6.42. The van der Waals surface area contributed by atoms with E-state index < -0.39 is 0 Å². The van der Waals surface area contributed by atoms with Crippen LogP contribution in [0.4, 0.5) is 0 Å². The molecule has 4 rings (SSSR count). The molecule has 0 bridgehead atoms. The highest BCUT2D eigenvalue weighted by atomic mass is 35.5. The van der Waals surface area contributed by atoms with Crippen LogP contribution >= 0.6 is 34.7 Å². The summed E-state index contributed by atoms with van der Waals surface area (Å²) in [6, 6.07) is 15.6. The number of hydrogen-bond donors (Lipinski definition) is 0. The molecule has 158 valence electrons. The highest BCUT2D eigenvalue weighted by Gasteiger charge is 2.14. The van der Waals surface area contributed by atoms with E-state index in [9.17, 15) is 0 Å². The molecule has 0 spiro atoms. The van der Waals surface area contributed by atoms with Crippen LogP contribution in [0.1, 0.15) is 17.1 Å². The second-order valence-corrected chi connectivity index (χ2v) is 9.03. The van der Waals surface area contributed by atoms with Crippen LogP contribution in [0.5, 0.6) is 5.75 Å². The lowest BCUT2D eigenvalue weighted by molar-refractivity contribution is 0.289. The van der Waals surface area contributed by atoms with E-state index in [1.54, 1.807) is 35.2 Å². The molecule has 0 N–H and O–H groups in total. The van der Waals surface area contributed by atoms with Crippen LogP contribution in [0.2, 0.25) is 5.02 Å². The number of benzene rings is 2. The number of rotatable bonds is 9. The summed E-state index contributed by atoms with van der Waals surface area (Å²) >= 11 is 9.20. The molecule has 31 heavy (non-hydrogen) atoms. The molecular formula is C23H21ClN4OS2. The van der Waals surface area contributed by atoms with Crippen LogP contribution < -0.4 is 4.74 Å². The molecule has 0 unspecified atom stereocenters. The van der Waals surface area contributed by atoms with E-state index in [0.717, 1.165) is 33.2 Å². The molecule has 2 heterocycles. The normalized spacial score (nSPS) is 10.9. The first kappa shape index (κ1) is 21.6. The zero-order chi connectivity index (χ0) is 21.6. The van der Waals surface area contributed by atoms with E-state index in [1.807, 2.05) is 34.9 Å². The Labute approximate surface area is 194 Å². The van der Waals surface area contributed by atoms with E-state index >= 15 is 0 Å². The van der Waals surface area contributed by atoms with Crippen molar-refractivity contribution in [1.29, 1.82) is 0 Å². The van der Waals surface area contributed by atoms with Crippen molar-refractivity contribution in [2.75, 3.05) is 0 Å². The van der Waals surface area contributed by atoms with E-state index in [2.05, 4.69) is 41.2 Å². The quantitative estimate of drug-likeness (QED) is 0.209. The van der Waals surface area contributed by atoms with Gasteiger partial charge in [-0.15, -0.1) is 28.1 Å². The maximum absolute atomic E-state index is 5.93. The minimum atomic E-state index is 0.317. The average Bonchev–Trinajstić information content (AvgIpc) is 3.40. The second kappa shape index (κ2) is 10.1. The minimum Gasteiger partial charge on any atom is -0.486 e. The Balaban J connectivity index is 1.43. The van der Waals surface area contributed by atoms with Gasteiger partial charge in [-0.2, -0.15) is 0 Å². The minimum absolute atomic E-state index is 0.317. The fraction of sp³-hybridized carbons (Fsp3) is 0.174. The predicted molar refractivity (Wildman–Crippen MR) is 128 cm³/mol. The van der Waals surface area contributed by atoms with Crippen LogP contribution in [-0.2, 0) is 18.9 Å². The SMILES string of the molecule is C=CCn1c(COc2ccc(Cl)cc2)nnc1SCc1csc(-c2ccccc2C)n1. The molecule has 0 radical (unpaired) electrons. The fourth-order valence-corrected chi connectivity index (χ4v) is 4.97. The van der Waals surface area contributed by atoms with E-state index in [0.29, 0.717) is 18.2 Å². The van der Waals surface area contributed by atoms with Gasteiger partial charge < -0.3 is 4.74 Å². The van der Waals surface area contributed by atoms with Crippen molar-refractivity contribution in [2.24, 2.45) is 0 Å². The molecule has 0 aliphatic carbocycles. The number of nitrogens with zero attached hydrogens (tertiary/aromatic N) is 4. The molecule has 0 amide bonds. The number of thioether (sulfide) groups is 1. The lowest BCUT2D eigenvalue weighted by Crippen LogP contribution is -2.07. The Hall–Kier alpha value is -2.61. The van der Waals surface area contributed by atoms with Crippen LogP contribution in [-0.4, -0.2) is 19.7 Å². The zero-order valence-electron chi connectivity index (χ0n) is 17.0. The maximum Gasteiger partial charge on any atom is 0.191 e. The second-order valence-electron chi connectivity index (χ2n) is 6.79. The Morgan fingerprint density at radius 1 is 1.16 bits per heavy atom. The summed E-state index contributed by atoms with van der Waals surface area (Å²) in [6.45, 7) is 6.89. The van der Waals surface area contributed by atoms with E-state index in [4.69, 9.17) is 21.3 Å². The summed E-state index contributed by atoms with van der Waals surface area (Å²) in [5.74, 6) is 2.20. The third-order valence-corrected chi connectivity index (χ3v) is 6.74. The lowest BCUT2D eigenvalue weighted by atomic mass is 10.1. The number of thiazole rings is 1. The van der Waals surface area contributed by atoms with Gasteiger partial charge in [-0.05, 0) is 36.8 Å².